The van der Waals surface area contributed by atoms with Crippen LogP contribution in [0.4, 0.5) is 0 Å². The number of carboxylic acids is 1. The van der Waals surface area contributed by atoms with Gasteiger partial charge in [0.1, 0.15) is 6.04 Å². The summed E-state index contributed by atoms with van der Waals surface area (Å²) in [6, 6.07) is 16.0. The molecule has 0 aliphatic carbocycles. The molecule has 2 aromatic carbocycles. The number of para-hydroxylation sites is 1. The lowest BCUT2D eigenvalue weighted by atomic mass is 10.0. The molecule has 3 N–H and O–H groups in total. The highest BCUT2D eigenvalue weighted by molar-refractivity contribution is 5.94. The Morgan fingerprint density at radius 2 is 1.80 bits per heavy atom. The highest BCUT2D eigenvalue weighted by atomic mass is 16.4. The summed E-state index contributed by atoms with van der Waals surface area (Å²) in [5, 5.41) is 12.9. The van der Waals surface area contributed by atoms with E-state index in [2.05, 4.69) is 10.3 Å². The fourth-order valence-corrected chi connectivity index (χ4v) is 2.68. The smallest absolute Gasteiger partial charge is 0.326 e. The minimum absolute atomic E-state index is 0.213. The van der Waals surface area contributed by atoms with E-state index in [-0.39, 0.29) is 6.42 Å². The fourth-order valence-electron chi connectivity index (χ4n) is 2.68. The Balaban J connectivity index is 1.70. The van der Waals surface area contributed by atoms with Gasteiger partial charge in [0.25, 0.3) is 0 Å². The summed E-state index contributed by atoms with van der Waals surface area (Å²) >= 11 is 0. The molecular formula is C20H18N2O3. The van der Waals surface area contributed by atoms with E-state index in [1.54, 1.807) is 12.3 Å². The summed E-state index contributed by atoms with van der Waals surface area (Å²) in [7, 11) is 0. The number of carbonyl (C=O) groups is 2. The Labute approximate surface area is 145 Å². The first-order chi connectivity index (χ1) is 12.1. The Morgan fingerprint density at radius 3 is 2.56 bits per heavy atom. The number of aliphatic carboxylic acids is 1. The van der Waals surface area contributed by atoms with Gasteiger partial charge in [0.05, 0.1) is 0 Å². The van der Waals surface area contributed by atoms with Crippen molar-refractivity contribution >= 4 is 28.9 Å². The molecular weight excluding hydrogens is 316 g/mol. The van der Waals surface area contributed by atoms with Crippen molar-refractivity contribution in [2.75, 3.05) is 0 Å². The second-order valence-electron chi connectivity index (χ2n) is 5.71. The second kappa shape index (κ2) is 7.49. The molecule has 126 valence electrons. The summed E-state index contributed by atoms with van der Waals surface area (Å²) in [5.41, 5.74) is 2.67. The number of nitrogens with one attached hydrogen (secondary N) is 2. The molecule has 0 aliphatic heterocycles. The van der Waals surface area contributed by atoms with Crippen LogP contribution in [-0.2, 0) is 16.0 Å². The highest BCUT2D eigenvalue weighted by Gasteiger charge is 2.20. The number of fused-ring (bicyclic) bond motifs is 1. The Bertz CT molecular complexity index is 913. The fraction of sp³-hybridized carbons (Fsp3) is 0.100. The van der Waals surface area contributed by atoms with E-state index in [1.165, 1.54) is 6.08 Å². The second-order valence-corrected chi connectivity index (χ2v) is 5.71. The molecule has 0 saturated heterocycles. The van der Waals surface area contributed by atoms with Crippen molar-refractivity contribution in [2.24, 2.45) is 0 Å². The van der Waals surface area contributed by atoms with Gasteiger partial charge in [0.2, 0.25) is 5.91 Å². The van der Waals surface area contributed by atoms with E-state index in [9.17, 15) is 14.7 Å². The predicted octanol–water partition coefficient (Wildman–Crippen LogP) is 2.99. The van der Waals surface area contributed by atoms with Gasteiger partial charge in [-0.3, -0.25) is 4.79 Å². The molecule has 0 spiro atoms. The number of hydrogen-bond acceptors (Lipinski definition) is 2. The van der Waals surface area contributed by atoms with Gasteiger partial charge in [-0.05, 0) is 23.3 Å². The van der Waals surface area contributed by atoms with E-state index < -0.39 is 17.9 Å². The monoisotopic (exact) mass is 334 g/mol. The third-order valence-corrected chi connectivity index (χ3v) is 3.94. The van der Waals surface area contributed by atoms with Crippen molar-refractivity contribution in [3.63, 3.8) is 0 Å². The van der Waals surface area contributed by atoms with Gasteiger partial charge in [-0.15, -0.1) is 0 Å². The number of benzene rings is 2. The molecule has 0 radical (unpaired) electrons. The molecule has 1 amide bonds. The van der Waals surface area contributed by atoms with E-state index in [0.29, 0.717) is 0 Å². The first-order valence-electron chi connectivity index (χ1n) is 7.95. The summed E-state index contributed by atoms with van der Waals surface area (Å²) in [6.07, 6.45) is 5.00. The molecule has 3 aromatic rings. The number of aromatic nitrogens is 1. The van der Waals surface area contributed by atoms with Gasteiger partial charge in [-0.25, -0.2) is 4.79 Å². The predicted molar refractivity (Wildman–Crippen MR) is 97.0 cm³/mol. The van der Waals surface area contributed by atoms with Crippen LogP contribution in [-0.4, -0.2) is 28.0 Å². The summed E-state index contributed by atoms with van der Waals surface area (Å²) in [4.78, 5) is 26.7. The van der Waals surface area contributed by atoms with E-state index >= 15 is 0 Å². The van der Waals surface area contributed by atoms with Crippen molar-refractivity contribution < 1.29 is 14.7 Å². The number of carbonyl (C=O) groups excluding carboxylic acids is 1. The van der Waals surface area contributed by atoms with Crippen molar-refractivity contribution in [3.05, 3.63) is 78.0 Å². The Morgan fingerprint density at radius 1 is 1.08 bits per heavy atom. The van der Waals surface area contributed by atoms with Crippen LogP contribution in [0, 0.1) is 0 Å². The lowest BCUT2D eigenvalue weighted by Crippen LogP contribution is -2.41. The maximum absolute atomic E-state index is 12.1. The lowest BCUT2D eigenvalue weighted by Gasteiger charge is -2.12. The molecule has 0 aliphatic rings. The van der Waals surface area contributed by atoms with Crippen LogP contribution in [0.1, 0.15) is 11.1 Å². The van der Waals surface area contributed by atoms with Crippen LogP contribution in [0.3, 0.4) is 0 Å². The number of H-pyrrole nitrogens is 1. The molecule has 1 heterocycles. The molecule has 1 atom stereocenters. The maximum atomic E-state index is 12.1. The average Bonchev–Trinajstić information content (AvgIpc) is 3.03. The third-order valence-electron chi connectivity index (χ3n) is 3.94. The zero-order chi connectivity index (χ0) is 17.6. The van der Waals surface area contributed by atoms with Crippen molar-refractivity contribution in [1.29, 1.82) is 0 Å². The normalized spacial score (nSPS) is 12.3. The molecule has 0 saturated carbocycles. The zero-order valence-corrected chi connectivity index (χ0v) is 13.5. The summed E-state index contributed by atoms with van der Waals surface area (Å²) in [6.45, 7) is 0. The molecule has 0 fully saturated rings. The molecule has 1 aromatic heterocycles. The first kappa shape index (κ1) is 16.5. The van der Waals surface area contributed by atoms with E-state index in [1.807, 2.05) is 54.6 Å². The third kappa shape index (κ3) is 4.14. The van der Waals surface area contributed by atoms with Gasteiger partial charge >= 0.3 is 5.97 Å². The van der Waals surface area contributed by atoms with Crippen LogP contribution in [0.25, 0.3) is 17.0 Å². The van der Waals surface area contributed by atoms with Crippen molar-refractivity contribution in [2.45, 2.75) is 12.5 Å². The van der Waals surface area contributed by atoms with E-state index in [0.717, 1.165) is 22.0 Å². The molecule has 25 heavy (non-hydrogen) atoms. The van der Waals surface area contributed by atoms with Gasteiger partial charge < -0.3 is 15.4 Å². The van der Waals surface area contributed by atoms with Crippen molar-refractivity contribution in [3.8, 4) is 0 Å². The number of aromatic amines is 1. The largest absolute Gasteiger partial charge is 0.480 e. The SMILES string of the molecule is O=C(/C=C/c1ccccc1)N[C@@H](Cc1c[nH]c2ccccc12)C(=O)O. The van der Waals surface area contributed by atoms with Crippen LogP contribution in [0.5, 0.6) is 0 Å². The lowest BCUT2D eigenvalue weighted by molar-refractivity contribution is -0.141. The number of carboxylic acid groups (broad SMARTS) is 1. The first-order valence-corrected chi connectivity index (χ1v) is 7.95. The Hall–Kier alpha value is -3.34. The van der Waals surface area contributed by atoms with Gasteiger partial charge in [-0.1, -0.05) is 48.5 Å². The van der Waals surface area contributed by atoms with Gasteiger partial charge in [0, 0.05) is 29.6 Å². The standard InChI is InChI=1S/C20H18N2O3/c23-19(11-10-14-6-2-1-3-7-14)22-18(20(24)25)12-15-13-21-17-9-5-4-8-16(15)17/h1-11,13,18,21H,12H2,(H,22,23)(H,24,25)/b11-10+/t18-/m0/s1. The van der Waals surface area contributed by atoms with Crippen LogP contribution >= 0.6 is 0 Å². The van der Waals surface area contributed by atoms with Gasteiger partial charge in [-0.2, -0.15) is 0 Å². The quantitative estimate of drug-likeness (QED) is 0.606. The summed E-state index contributed by atoms with van der Waals surface area (Å²) < 4.78 is 0. The van der Waals surface area contributed by atoms with E-state index in [4.69, 9.17) is 0 Å². The Kier molecular flexibility index (Phi) is 4.95. The molecule has 0 unspecified atom stereocenters. The molecule has 5 nitrogen and oxygen atoms in total. The van der Waals surface area contributed by atoms with Crippen molar-refractivity contribution in [1.82, 2.24) is 10.3 Å². The van der Waals surface area contributed by atoms with Crippen LogP contribution in [0.15, 0.2) is 66.9 Å². The average molecular weight is 334 g/mol. The summed E-state index contributed by atoms with van der Waals surface area (Å²) in [5.74, 6) is -1.50. The number of hydrogen-bond donors (Lipinski definition) is 3. The topological polar surface area (TPSA) is 82.2 Å². The number of amides is 1. The zero-order valence-electron chi connectivity index (χ0n) is 13.5. The van der Waals surface area contributed by atoms with Crippen LogP contribution < -0.4 is 5.32 Å². The van der Waals surface area contributed by atoms with Crippen LogP contribution in [0.2, 0.25) is 0 Å². The minimum Gasteiger partial charge on any atom is -0.480 e. The molecule has 3 rings (SSSR count). The minimum atomic E-state index is -1.06. The maximum Gasteiger partial charge on any atom is 0.326 e. The number of rotatable bonds is 6. The molecule has 0 bridgehead atoms. The molecule has 5 heteroatoms. The van der Waals surface area contributed by atoms with Gasteiger partial charge in [0.15, 0.2) is 0 Å². The highest BCUT2D eigenvalue weighted by Crippen LogP contribution is 2.19.